The van der Waals surface area contributed by atoms with E-state index in [4.69, 9.17) is 0 Å². The summed E-state index contributed by atoms with van der Waals surface area (Å²) in [7, 11) is 0. The van der Waals surface area contributed by atoms with Gasteiger partial charge in [-0.1, -0.05) is 61.4 Å². The molecule has 2 aliphatic carbocycles. The van der Waals surface area contributed by atoms with Crippen molar-refractivity contribution in [3.63, 3.8) is 0 Å². The molecule has 1 unspecified atom stereocenters. The van der Waals surface area contributed by atoms with Crippen molar-refractivity contribution in [1.82, 2.24) is 4.90 Å². The Morgan fingerprint density at radius 3 is 1.79 bits per heavy atom. The monoisotopic (exact) mass is 329 g/mol. The Bertz CT molecular complexity index is 264. The van der Waals surface area contributed by atoms with E-state index in [0.29, 0.717) is 18.0 Å². The molecule has 0 aromatic carbocycles. The zero-order chi connectivity index (χ0) is 13.7. The zero-order valence-electron chi connectivity index (χ0n) is 12.2. The zero-order valence-corrected chi connectivity index (χ0v) is 13.8. The predicted molar refractivity (Wildman–Crippen MR) is 83.6 cm³/mol. The third-order valence-electron chi connectivity index (χ3n) is 4.82. The lowest BCUT2D eigenvalue weighted by atomic mass is 9.88. The van der Waals surface area contributed by atoms with Gasteiger partial charge in [0.1, 0.15) is 0 Å². The normalized spacial score (nSPS) is 24.1. The summed E-state index contributed by atoms with van der Waals surface area (Å²) in [6.45, 7) is 2.09. The van der Waals surface area contributed by atoms with Crippen molar-refractivity contribution in [2.24, 2.45) is 0 Å². The molecule has 0 N–H and O–H groups in total. The largest absolute Gasteiger partial charge is 0.336 e. The van der Waals surface area contributed by atoms with Gasteiger partial charge in [0.25, 0.3) is 0 Å². The molecule has 3 heteroatoms. The van der Waals surface area contributed by atoms with Crippen LogP contribution in [0.5, 0.6) is 0 Å². The highest BCUT2D eigenvalue weighted by molar-refractivity contribution is 9.10. The Labute approximate surface area is 126 Å². The van der Waals surface area contributed by atoms with Gasteiger partial charge in [-0.3, -0.25) is 4.79 Å². The van der Waals surface area contributed by atoms with E-state index in [-0.39, 0.29) is 4.83 Å². The first-order chi connectivity index (χ1) is 9.24. The fraction of sp³-hybridized carbons (Fsp3) is 0.938. The lowest BCUT2D eigenvalue weighted by Gasteiger charge is -2.42. The third-order valence-corrected chi connectivity index (χ3v) is 5.86. The van der Waals surface area contributed by atoms with E-state index in [1.807, 2.05) is 0 Å². The van der Waals surface area contributed by atoms with Crippen LogP contribution in [0.4, 0.5) is 0 Å². The van der Waals surface area contributed by atoms with E-state index in [1.165, 1.54) is 64.2 Å². The molecule has 0 spiro atoms. The van der Waals surface area contributed by atoms with Crippen LogP contribution in [-0.2, 0) is 4.79 Å². The highest BCUT2D eigenvalue weighted by Crippen LogP contribution is 2.31. The quantitative estimate of drug-likeness (QED) is 0.687. The second-order valence-electron chi connectivity index (χ2n) is 6.20. The minimum atomic E-state index is 0.0244. The fourth-order valence-corrected chi connectivity index (χ4v) is 3.95. The summed E-state index contributed by atoms with van der Waals surface area (Å²) in [6.07, 6.45) is 13.7. The SMILES string of the molecule is CCC(Br)C(=O)N(C1CCCCC1)C1CCCCC1. The number of amides is 1. The van der Waals surface area contributed by atoms with E-state index in [1.54, 1.807) is 0 Å². The van der Waals surface area contributed by atoms with Crippen LogP contribution in [0, 0.1) is 0 Å². The molecule has 19 heavy (non-hydrogen) atoms. The Kier molecular flexibility index (Phi) is 6.18. The Morgan fingerprint density at radius 1 is 1.00 bits per heavy atom. The summed E-state index contributed by atoms with van der Waals surface area (Å²) in [5.74, 6) is 0.362. The molecule has 1 atom stereocenters. The van der Waals surface area contributed by atoms with Crippen LogP contribution >= 0.6 is 15.9 Å². The minimum absolute atomic E-state index is 0.0244. The van der Waals surface area contributed by atoms with E-state index in [0.717, 1.165) is 6.42 Å². The van der Waals surface area contributed by atoms with Crippen LogP contribution in [0.3, 0.4) is 0 Å². The molecule has 2 rings (SSSR count). The number of nitrogens with zero attached hydrogens (tertiary/aromatic N) is 1. The summed E-state index contributed by atoms with van der Waals surface area (Å²) in [4.78, 5) is 15.1. The van der Waals surface area contributed by atoms with Crippen molar-refractivity contribution in [1.29, 1.82) is 0 Å². The molecule has 0 saturated heterocycles. The molecular weight excluding hydrogens is 302 g/mol. The number of halogens is 1. The van der Waals surface area contributed by atoms with Crippen LogP contribution in [0.15, 0.2) is 0 Å². The highest BCUT2D eigenvalue weighted by Gasteiger charge is 2.34. The average molecular weight is 330 g/mol. The van der Waals surface area contributed by atoms with Crippen LogP contribution < -0.4 is 0 Å². The molecule has 0 radical (unpaired) electrons. The van der Waals surface area contributed by atoms with Crippen LogP contribution in [-0.4, -0.2) is 27.7 Å². The molecule has 0 aromatic rings. The van der Waals surface area contributed by atoms with Gasteiger partial charge in [-0.05, 0) is 32.1 Å². The molecule has 0 aliphatic heterocycles. The maximum absolute atomic E-state index is 12.8. The number of hydrogen-bond acceptors (Lipinski definition) is 1. The van der Waals surface area contributed by atoms with Crippen LogP contribution in [0.2, 0.25) is 0 Å². The van der Waals surface area contributed by atoms with E-state index in [2.05, 4.69) is 27.8 Å². The van der Waals surface area contributed by atoms with E-state index >= 15 is 0 Å². The maximum atomic E-state index is 12.8. The number of alkyl halides is 1. The molecule has 2 nitrogen and oxygen atoms in total. The van der Waals surface area contributed by atoms with Gasteiger partial charge >= 0.3 is 0 Å². The highest BCUT2D eigenvalue weighted by atomic mass is 79.9. The van der Waals surface area contributed by atoms with Crippen molar-refractivity contribution >= 4 is 21.8 Å². The molecule has 1 amide bonds. The number of carbonyl (C=O) groups is 1. The molecule has 2 saturated carbocycles. The van der Waals surface area contributed by atoms with Gasteiger partial charge in [0, 0.05) is 12.1 Å². The van der Waals surface area contributed by atoms with Crippen molar-refractivity contribution in [3.05, 3.63) is 0 Å². The molecule has 0 aromatic heterocycles. The molecule has 0 heterocycles. The van der Waals surface area contributed by atoms with Gasteiger partial charge in [0.2, 0.25) is 5.91 Å². The fourth-order valence-electron chi connectivity index (χ4n) is 3.71. The molecular formula is C16H28BrNO. The summed E-state index contributed by atoms with van der Waals surface area (Å²) in [6, 6.07) is 1.05. The van der Waals surface area contributed by atoms with Gasteiger partial charge in [0.15, 0.2) is 0 Å². The van der Waals surface area contributed by atoms with Gasteiger partial charge in [-0.2, -0.15) is 0 Å². The maximum Gasteiger partial charge on any atom is 0.236 e. The lowest BCUT2D eigenvalue weighted by Crippen LogP contribution is -2.51. The second-order valence-corrected chi connectivity index (χ2v) is 7.31. The van der Waals surface area contributed by atoms with Crippen molar-refractivity contribution in [2.75, 3.05) is 0 Å². The summed E-state index contributed by atoms with van der Waals surface area (Å²) in [5, 5.41) is 0. The van der Waals surface area contributed by atoms with Crippen LogP contribution in [0.25, 0.3) is 0 Å². The van der Waals surface area contributed by atoms with Gasteiger partial charge in [-0.15, -0.1) is 0 Å². The van der Waals surface area contributed by atoms with Gasteiger partial charge in [0.05, 0.1) is 4.83 Å². The lowest BCUT2D eigenvalue weighted by molar-refractivity contribution is -0.137. The van der Waals surface area contributed by atoms with Crippen molar-refractivity contribution < 1.29 is 4.79 Å². The molecule has 2 aliphatic rings. The average Bonchev–Trinajstić information content (AvgIpc) is 2.49. The first kappa shape index (κ1) is 15.3. The summed E-state index contributed by atoms with van der Waals surface area (Å²) < 4.78 is 0. The standard InChI is InChI=1S/C16H28BrNO/c1-2-15(17)16(19)18(13-9-5-3-6-10-13)14-11-7-4-8-12-14/h13-15H,2-12H2,1H3. The Morgan fingerprint density at radius 2 is 1.42 bits per heavy atom. The van der Waals surface area contributed by atoms with Crippen molar-refractivity contribution in [2.45, 2.75) is 94.5 Å². The third kappa shape index (κ3) is 3.96. The molecule has 2 fully saturated rings. The van der Waals surface area contributed by atoms with Gasteiger partial charge < -0.3 is 4.90 Å². The van der Waals surface area contributed by atoms with Crippen LogP contribution in [0.1, 0.15) is 77.6 Å². The molecule has 0 bridgehead atoms. The summed E-state index contributed by atoms with van der Waals surface area (Å²) in [5.41, 5.74) is 0. The number of rotatable bonds is 4. The number of hydrogen-bond donors (Lipinski definition) is 0. The van der Waals surface area contributed by atoms with Gasteiger partial charge in [-0.25, -0.2) is 0 Å². The van der Waals surface area contributed by atoms with Crippen molar-refractivity contribution in [3.8, 4) is 0 Å². The summed E-state index contributed by atoms with van der Waals surface area (Å²) >= 11 is 3.58. The second kappa shape index (κ2) is 7.66. The Hall–Kier alpha value is -0.0500. The smallest absolute Gasteiger partial charge is 0.236 e. The van der Waals surface area contributed by atoms with E-state index < -0.39 is 0 Å². The first-order valence-electron chi connectivity index (χ1n) is 8.20. The van der Waals surface area contributed by atoms with E-state index in [9.17, 15) is 4.79 Å². The Balaban J connectivity index is 2.08. The number of carbonyl (C=O) groups excluding carboxylic acids is 1. The first-order valence-corrected chi connectivity index (χ1v) is 9.12. The topological polar surface area (TPSA) is 20.3 Å². The molecule has 110 valence electrons. The predicted octanol–water partition coefficient (Wildman–Crippen LogP) is 4.65. The minimum Gasteiger partial charge on any atom is -0.336 e.